The van der Waals surface area contributed by atoms with Gasteiger partial charge in [0.1, 0.15) is 12.5 Å². The van der Waals surface area contributed by atoms with Crippen LogP contribution in [0.2, 0.25) is 0 Å². The van der Waals surface area contributed by atoms with Crippen LogP contribution in [0.1, 0.15) is 46.5 Å². The molecule has 0 radical (unpaired) electrons. The van der Waals surface area contributed by atoms with Gasteiger partial charge in [0.05, 0.1) is 12.2 Å². The maximum absolute atomic E-state index is 12.3. The molecular formula is C19H32O5. The van der Waals surface area contributed by atoms with Crippen molar-refractivity contribution in [3.05, 3.63) is 25.3 Å². The summed E-state index contributed by atoms with van der Waals surface area (Å²) >= 11 is 0. The van der Waals surface area contributed by atoms with E-state index in [2.05, 4.69) is 13.2 Å². The van der Waals surface area contributed by atoms with Crippen molar-refractivity contribution in [3.63, 3.8) is 0 Å². The number of hydrogen-bond acceptors (Lipinski definition) is 5. The normalized spacial score (nSPS) is 27.1. The van der Waals surface area contributed by atoms with Gasteiger partial charge in [-0.05, 0) is 26.2 Å². The Balaban J connectivity index is 2.95. The SMILES string of the molecule is C=CCOC(=O)C(C)[C@]1(OC)CCC[C@H](C(C)(C)C(O)CC=C)O1. The number of ether oxygens (including phenoxy) is 3. The standard InChI is InChI=1S/C19H32O5/c1-7-10-15(20)18(4,5)16-11-9-12-19(22-6,24-16)14(3)17(21)23-13-8-2/h7-8,14-16,20H,1-2,9-13H2,3-6H3/t14?,15?,16-,19+/m1/s1. The van der Waals surface area contributed by atoms with E-state index in [0.717, 1.165) is 12.8 Å². The van der Waals surface area contributed by atoms with Crippen molar-refractivity contribution < 1.29 is 24.1 Å². The molecule has 1 saturated heterocycles. The van der Waals surface area contributed by atoms with E-state index in [-0.39, 0.29) is 18.7 Å². The third-order valence-electron chi connectivity index (χ3n) is 5.11. The minimum absolute atomic E-state index is 0.163. The van der Waals surface area contributed by atoms with E-state index < -0.39 is 23.2 Å². The zero-order valence-corrected chi connectivity index (χ0v) is 15.4. The van der Waals surface area contributed by atoms with Gasteiger partial charge in [0, 0.05) is 18.9 Å². The summed E-state index contributed by atoms with van der Waals surface area (Å²) in [7, 11) is 1.55. The summed E-state index contributed by atoms with van der Waals surface area (Å²) in [5.74, 6) is -1.98. The van der Waals surface area contributed by atoms with Crippen LogP contribution >= 0.6 is 0 Å². The topological polar surface area (TPSA) is 65.0 Å². The molecule has 0 aromatic rings. The second-order valence-electron chi connectivity index (χ2n) is 7.02. The highest BCUT2D eigenvalue weighted by molar-refractivity contribution is 5.73. The first-order valence-corrected chi connectivity index (χ1v) is 8.54. The molecule has 1 heterocycles. The van der Waals surface area contributed by atoms with Gasteiger partial charge in [-0.1, -0.05) is 32.6 Å². The van der Waals surface area contributed by atoms with Gasteiger partial charge in [-0.25, -0.2) is 0 Å². The summed E-state index contributed by atoms with van der Waals surface area (Å²) in [5.41, 5.74) is -0.483. The quantitative estimate of drug-likeness (QED) is 0.516. The summed E-state index contributed by atoms with van der Waals surface area (Å²) < 4.78 is 17.1. The first kappa shape index (κ1) is 20.9. The molecule has 0 spiro atoms. The lowest BCUT2D eigenvalue weighted by Gasteiger charge is -2.48. The van der Waals surface area contributed by atoms with E-state index >= 15 is 0 Å². The molecule has 0 aliphatic carbocycles. The molecule has 4 atom stereocenters. The van der Waals surface area contributed by atoms with Crippen molar-refractivity contribution >= 4 is 5.97 Å². The van der Waals surface area contributed by atoms with Crippen LogP contribution in [0.15, 0.2) is 25.3 Å². The van der Waals surface area contributed by atoms with Gasteiger partial charge < -0.3 is 19.3 Å². The van der Waals surface area contributed by atoms with Crippen LogP contribution in [0, 0.1) is 11.3 Å². The predicted octanol–water partition coefficient (Wildman–Crippen LogP) is 3.23. The third-order valence-corrected chi connectivity index (χ3v) is 5.11. The number of rotatable bonds is 9. The van der Waals surface area contributed by atoms with Crippen LogP contribution in [-0.4, -0.2) is 42.8 Å². The van der Waals surface area contributed by atoms with Crippen molar-refractivity contribution in [2.75, 3.05) is 13.7 Å². The summed E-state index contributed by atoms with van der Waals surface area (Å²) in [4.78, 5) is 12.3. The Labute approximate surface area is 145 Å². The molecule has 138 valence electrons. The molecule has 1 aliphatic rings. The zero-order valence-electron chi connectivity index (χ0n) is 15.4. The lowest BCUT2D eigenvalue weighted by atomic mass is 9.75. The number of carbonyl (C=O) groups is 1. The molecule has 0 saturated carbocycles. The first-order chi connectivity index (χ1) is 11.2. The van der Waals surface area contributed by atoms with Crippen LogP contribution in [0.4, 0.5) is 0 Å². The molecule has 0 bridgehead atoms. The highest BCUT2D eigenvalue weighted by Crippen LogP contribution is 2.43. The Morgan fingerprint density at radius 2 is 2.12 bits per heavy atom. The molecule has 1 aliphatic heterocycles. The third kappa shape index (κ3) is 4.47. The Hall–Kier alpha value is -1.17. The average molecular weight is 340 g/mol. The zero-order chi connectivity index (χ0) is 18.4. The van der Waals surface area contributed by atoms with Crippen LogP contribution in [0.25, 0.3) is 0 Å². The number of hydrogen-bond donors (Lipinski definition) is 1. The van der Waals surface area contributed by atoms with Gasteiger partial charge in [-0.3, -0.25) is 4.79 Å². The predicted molar refractivity (Wildman–Crippen MR) is 93.4 cm³/mol. The second-order valence-corrected chi connectivity index (χ2v) is 7.02. The van der Waals surface area contributed by atoms with Crippen molar-refractivity contribution in [1.82, 2.24) is 0 Å². The monoisotopic (exact) mass is 340 g/mol. The van der Waals surface area contributed by atoms with Crippen LogP contribution in [-0.2, 0) is 19.0 Å². The number of methoxy groups -OCH3 is 1. The molecule has 0 aromatic carbocycles. The van der Waals surface area contributed by atoms with Crippen molar-refractivity contribution in [2.24, 2.45) is 11.3 Å². The summed E-state index contributed by atoms with van der Waals surface area (Å²) in [6.07, 6.45) is 5.19. The Bertz CT molecular complexity index is 445. The largest absolute Gasteiger partial charge is 0.461 e. The molecule has 0 aromatic heterocycles. The number of esters is 1. The van der Waals surface area contributed by atoms with Crippen molar-refractivity contribution in [3.8, 4) is 0 Å². The number of aliphatic hydroxyl groups is 1. The van der Waals surface area contributed by atoms with Gasteiger partial charge in [0.2, 0.25) is 0 Å². The van der Waals surface area contributed by atoms with Crippen molar-refractivity contribution in [1.29, 1.82) is 0 Å². The van der Waals surface area contributed by atoms with E-state index in [9.17, 15) is 9.90 Å². The van der Waals surface area contributed by atoms with E-state index in [0.29, 0.717) is 12.8 Å². The fraction of sp³-hybridized carbons (Fsp3) is 0.737. The maximum atomic E-state index is 12.3. The van der Waals surface area contributed by atoms with Gasteiger partial charge in [0.25, 0.3) is 0 Å². The lowest BCUT2D eigenvalue weighted by Crippen LogP contribution is -2.55. The number of aliphatic hydroxyl groups excluding tert-OH is 1. The fourth-order valence-electron chi connectivity index (χ4n) is 3.18. The smallest absolute Gasteiger partial charge is 0.314 e. The lowest BCUT2D eigenvalue weighted by molar-refractivity contribution is -0.311. The van der Waals surface area contributed by atoms with E-state index in [1.54, 1.807) is 20.1 Å². The molecule has 5 heteroatoms. The van der Waals surface area contributed by atoms with E-state index in [1.165, 1.54) is 6.08 Å². The highest BCUT2D eigenvalue weighted by atomic mass is 16.7. The molecule has 2 unspecified atom stereocenters. The van der Waals surface area contributed by atoms with Gasteiger partial charge in [-0.2, -0.15) is 0 Å². The van der Waals surface area contributed by atoms with Gasteiger partial charge >= 0.3 is 5.97 Å². The minimum atomic E-state index is -1.04. The summed E-state index contributed by atoms with van der Waals surface area (Å²) in [5, 5.41) is 10.4. The van der Waals surface area contributed by atoms with Crippen LogP contribution < -0.4 is 0 Å². The Morgan fingerprint density at radius 1 is 1.46 bits per heavy atom. The maximum Gasteiger partial charge on any atom is 0.314 e. The molecule has 24 heavy (non-hydrogen) atoms. The molecular weight excluding hydrogens is 308 g/mol. The first-order valence-electron chi connectivity index (χ1n) is 8.54. The Morgan fingerprint density at radius 3 is 2.67 bits per heavy atom. The van der Waals surface area contributed by atoms with Gasteiger partial charge in [-0.15, -0.1) is 6.58 Å². The Kier molecular flexibility index (Phi) is 7.64. The molecule has 5 nitrogen and oxygen atoms in total. The van der Waals surface area contributed by atoms with E-state index in [4.69, 9.17) is 14.2 Å². The minimum Gasteiger partial charge on any atom is -0.461 e. The van der Waals surface area contributed by atoms with Crippen LogP contribution in [0.3, 0.4) is 0 Å². The molecule has 1 rings (SSSR count). The fourth-order valence-corrected chi connectivity index (χ4v) is 3.18. The van der Waals surface area contributed by atoms with Gasteiger partial charge in [0.15, 0.2) is 5.79 Å². The van der Waals surface area contributed by atoms with Crippen molar-refractivity contribution in [2.45, 2.75) is 64.4 Å². The highest BCUT2D eigenvalue weighted by Gasteiger charge is 2.50. The van der Waals surface area contributed by atoms with E-state index in [1.807, 2.05) is 13.8 Å². The van der Waals surface area contributed by atoms with Crippen LogP contribution in [0.5, 0.6) is 0 Å². The second kappa shape index (κ2) is 8.79. The molecule has 0 amide bonds. The molecule has 1 N–H and O–H groups in total. The summed E-state index contributed by atoms with van der Waals surface area (Å²) in [6.45, 7) is 13.1. The molecule has 1 fully saturated rings. The average Bonchev–Trinajstić information content (AvgIpc) is 2.59. The summed E-state index contributed by atoms with van der Waals surface area (Å²) in [6, 6.07) is 0. The number of carbonyl (C=O) groups excluding carboxylic acids is 1.